The predicted octanol–water partition coefficient (Wildman–Crippen LogP) is 2.92. The van der Waals surface area contributed by atoms with Crippen LogP contribution in [0.25, 0.3) is 0 Å². The number of esters is 1. The summed E-state index contributed by atoms with van der Waals surface area (Å²) in [7, 11) is 1.36. The molecule has 2 aromatic carbocycles. The summed E-state index contributed by atoms with van der Waals surface area (Å²) in [4.78, 5) is 11.4. The molecule has 3 nitrogen and oxygen atoms in total. The number of rotatable bonds is 4. The first-order chi connectivity index (χ1) is 9.53. The van der Waals surface area contributed by atoms with Gasteiger partial charge in [0.25, 0.3) is 0 Å². The van der Waals surface area contributed by atoms with Gasteiger partial charge in [-0.1, -0.05) is 42.5 Å². The van der Waals surface area contributed by atoms with Crippen molar-refractivity contribution in [2.45, 2.75) is 18.9 Å². The molecule has 0 saturated heterocycles. The monoisotopic (exact) mass is 270 g/mol. The summed E-state index contributed by atoms with van der Waals surface area (Å²) in [6.45, 7) is 1.79. The summed E-state index contributed by atoms with van der Waals surface area (Å²) < 4.78 is 4.66. The molecule has 0 aliphatic rings. The summed E-state index contributed by atoms with van der Waals surface area (Å²) in [6, 6.07) is 16.6. The van der Waals surface area contributed by atoms with Gasteiger partial charge in [0, 0.05) is 6.42 Å². The first-order valence-corrected chi connectivity index (χ1v) is 6.48. The number of aliphatic hydroxyl groups is 1. The van der Waals surface area contributed by atoms with Gasteiger partial charge in [0.2, 0.25) is 0 Å². The lowest BCUT2D eigenvalue weighted by Gasteiger charge is -2.24. The number of carbonyl (C=O) groups is 1. The molecule has 104 valence electrons. The molecular formula is C17H18O3. The van der Waals surface area contributed by atoms with Crippen LogP contribution in [0.2, 0.25) is 0 Å². The summed E-state index contributed by atoms with van der Waals surface area (Å²) in [5, 5.41) is 10.6. The van der Waals surface area contributed by atoms with Crippen LogP contribution in [0.3, 0.4) is 0 Å². The van der Waals surface area contributed by atoms with Crippen molar-refractivity contribution in [3.05, 3.63) is 71.3 Å². The van der Waals surface area contributed by atoms with E-state index in [1.807, 2.05) is 42.5 Å². The molecule has 1 unspecified atom stereocenters. The minimum Gasteiger partial charge on any atom is -0.465 e. The summed E-state index contributed by atoms with van der Waals surface area (Å²) in [6.07, 6.45) is 0.485. The number of methoxy groups -OCH3 is 1. The smallest absolute Gasteiger partial charge is 0.337 e. The number of ether oxygens (including phenoxy) is 1. The fourth-order valence-electron chi connectivity index (χ4n) is 2.17. The molecule has 1 N–H and O–H groups in total. The molecule has 0 bridgehead atoms. The summed E-state index contributed by atoms with van der Waals surface area (Å²) in [5.74, 6) is -0.355. The summed E-state index contributed by atoms with van der Waals surface area (Å²) in [5.41, 5.74) is 1.41. The van der Waals surface area contributed by atoms with E-state index in [2.05, 4.69) is 4.74 Å². The number of benzene rings is 2. The second kappa shape index (κ2) is 5.88. The highest BCUT2D eigenvalue weighted by Crippen LogP contribution is 2.25. The maximum atomic E-state index is 11.4. The second-order valence-electron chi connectivity index (χ2n) is 5.01. The molecule has 0 amide bonds. The average Bonchev–Trinajstić information content (AvgIpc) is 2.48. The zero-order chi connectivity index (χ0) is 14.6. The molecule has 20 heavy (non-hydrogen) atoms. The first kappa shape index (κ1) is 14.3. The van der Waals surface area contributed by atoms with Crippen LogP contribution in [0.1, 0.15) is 28.4 Å². The molecule has 0 saturated carbocycles. The van der Waals surface area contributed by atoms with E-state index in [0.29, 0.717) is 12.0 Å². The molecule has 2 rings (SSSR count). The lowest BCUT2D eigenvalue weighted by atomic mass is 9.89. The van der Waals surface area contributed by atoms with Gasteiger partial charge in [-0.15, -0.1) is 0 Å². The van der Waals surface area contributed by atoms with Gasteiger partial charge in [0.1, 0.15) is 0 Å². The van der Waals surface area contributed by atoms with Crippen LogP contribution < -0.4 is 0 Å². The Balaban J connectivity index is 2.15. The largest absolute Gasteiger partial charge is 0.465 e. The Labute approximate surface area is 118 Å². The van der Waals surface area contributed by atoms with Gasteiger partial charge in [-0.2, -0.15) is 0 Å². The van der Waals surface area contributed by atoms with E-state index < -0.39 is 5.60 Å². The Morgan fingerprint density at radius 2 is 1.70 bits per heavy atom. The fraction of sp³-hybridized carbons (Fsp3) is 0.235. The van der Waals surface area contributed by atoms with Crippen LogP contribution in [-0.2, 0) is 16.8 Å². The fourth-order valence-corrected chi connectivity index (χ4v) is 2.17. The minimum absolute atomic E-state index is 0.355. The Morgan fingerprint density at radius 1 is 1.10 bits per heavy atom. The third-order valence-corrected chi connectivity index (χ3v) is 3.32. The zero-order valence-corrected chi connectivity index (χ0v) is 11.7. The maximum Gasteiger partial charge on any atom is 0.337 e. The van der Waals surface area contributed by atoms with Crippen LogP contribution in [-0.4, -0.2) is 18.2 Å². The van der Waals surface area contributed by atoms with E-state index in [0.717, 1.165) is 11.1 Å². The number of hydrogen-bond donors (Lipinski definition) is 1. The lowest BCUT2D eigenvalue weighted by Crippen LogP contribution is -2.24. The van der Waals surface area contributed by atoms with Crippen LogP contribution >= 0.6 is 0 Å². The number of hydrogen-bond acceptors (Lipinski definition) is 3. The quantitative estimate of drug-likeness (QED) is 0.869. The average molecular weight is 270 g/mol. The van der Waals surface area contributed by atoms with Gasteiger partial charge in [-0.3, -0.25) is 0 Å². The third kappa shape index (κ3) is 3.25. The zero-order valence-electron chi connectivity index (χ0n) is 11.7. The van der Waals surface area contributed by atoms with Gasteiger partial charge >= 0.3 is 5.97 Å². The van der Waals surface area contributed by atoms with E-state index in [-0.39, 0.29) is 5.97 Å². The van der Waals surface area contributed by atoms with E-state index in [9.17, 15) is 9.90 Å². The van der Waals surface area contributed by atoms with Crippen LogP contribution in [0.4, 0.5) is 0 Å². The molecule has 2 aromatic rings. The van der Waals surface area contributed by atoms with Gasteiger partial charge in [-0.05, 0) is 30.2 Å². The van der Waals surface area contributed by atoms with Crippen LogP contribution in [0.5, 0.6) is 0 Å². The van der Waals surface area contributed by atoms with Gasteiger partial charge < -0.3 is 9.84 Å². The van der Waals surface area contributed by atoms with Crippen molar-refractivity contribution in [2.24, 2.45) is 0 Å². The van der Waals surface area contributed by atoms with E-state index in [1.165, 1.54) is 7.11 Å². The van der Waals surface area contributed by atoms with Crippen molar-refractivity contribution in [2.75, 3.05) is 7.11 Å². The molecule has 0 aromatic heterocycles. The van der Waals surface area contributed by atoms with Crippen molar-refractivity contribution in [1.29, 1.82) is 0 Å². The highest BCUT2D eigenvalue weighted by molar-refractivity contribution is 5.89. The van der Waals surface area contributed by atoms with Crippen molar-refractivity contribution in [3.63, 3.8) is 0 Å². The maximum absolute atomic E-state index is 11.4. The van der Waals surface area contributed by atoms with Crippen molar-refractivity contribution in [3.8, 4) is 0 Å². The van der Waals surface area contributed by atoms with E-state index >= 15 is 0 Å². The first-order valence-electron chi connectivity index (χ1n) is 6.48. The third-order valence-electron chi connectivity index (χ3n) is 3.32. The predicted molar refractivity (Wildman–Crippen MR) is 77.5 cm³/mol. The molecule has 1 atom stereocenters. The van der Waals surface area contributed by atoms with Crippen molar-refractivity contribution in [1.82, 2.24) is 0 Å². The Hall–Kier alpha value is -2.13. The topological polar surface area (TPSA) is 46.5 Å². The Morgan fingerprint density at radius 3 is 2.25 bits per heavy atom. The van der Waals surface area contributed by atoms with Crippen LogP contribution in [0, 0.1) is 0 Å². The molecule has 0 radical (unpaired) electrons. The van der Waals surface area contributed by atoms with Gasteiger partial charge in [-0.25, -0.2) is 4.79 Å². The van der Waals surface area contributed by atoms with E-state index in [1.54, 1.807) is 19.1 Å². The summed E-state index contributed by atoms with van der Waals surface area (Å²) >= 11 is 0. The van der Waals surface area contributed by atoms with Crippen molar-refractivity contribution >= 4 is 5.97 Å². The molecule has 0 heterocycles. The Kier molecular flexibility index (Phi) is 4.20. The number of carbonyl (C=O) groups excluding carboxylic acids is 1. The van der Waals surface area contributed by atoms with Gasteiger partial charge in [0.15, 0.2) is 0 Å². The highest BCUT2D eigenvalue weighted by Gasteiger charge is 2.23. The molecular weight excluding hydrogens is 252 g/mol. The molecule has 3 heteroatoms. The lowest BCUT2D eigenvalue weighted by molar-refractivity contribution is 0.0576. The molecule has 0 spiro atoms. The SMILES string of the molecule is COC(=O)c1ccc(CC(C)(O)c2ccccc2)cc1. The van der Waals surface area contributed by atoms with E-state index in [4.69, 9.17) is 0 Å². The Bertz CT molecular complexity index is 571. The second-order valence-corrected chi connectivity index (χ2v) is 5.01. The van der Waals surface area contributed by atoms with Gasteiger partial charge in [0.05, 0.1) is 18.3 Å². The normalized spacial score (nSPS) is 13.6. The molecule has 0 fully saturated rings. The molecule has 0 aliphatic heterocycles. The standard InChI is InChI=1S/C17H18O3/c1-17(19,15-6-4-3-5-7-15)12-13-8-10-14(11-9-13)16(18)20-2/h3-11,19H,12H2,1-2H3. The minimum atomic E-state index is -0.936. The highest BCUT2D eigenvalue weighted by atomic mass is 16.5. The van der Waals surface area contributed by atoms with Crippen LogP contribution in [0.15, 0.2) is 54.6 Å². The molecule has 0 aliphatic carbocycles. The van der Waals surface area contributed by atoms with Crippen molar-refractivity contribution < 1.29 is 14.6 Å².